The minimum absolute atomic E-state index is 0.650. The van der Waals surface area contributed by atoms with Gasteiger partial charge in [-0.25, -0.2) is 38.2 Å². The molecule has 2 aliphatic rings. The number of hydrogen-bond donors (Lipinski definition) is 0. The first-order valence-corrected chi connectivity index (χ1v) is 46.6. The van der Waals surface area contributed by atoms with Crippen molar-refractivity contribution in [1.82, 2.24) is 19.9 Å². The van der Waals surface area contributed by atoms with E-state index in [0.717, 1.165) is 158 Å². The highest BCUT2D eigenvalue weighted by Crippen LogP contribution is 2.45. The number of furan rings is 4. The predicted octanol–water partition coefficient (Wildman–Crippen LogP) is 28.7. The number of nitrogens with zero attached hydrogens (tertiary/aromatic N) is 8. The molecule has 0 N–H and O–H groups in total. The number of aromatic nitrogens is 8. The minimum atomic E-state index is 0.650. The number of pyridine rings is 8. The molecule has 12 heterocycles. The zero-order valence-corrected chi connectivity index (χ0v) is 78.0. The fourth-order valence-corrected chi connectivity index (χ4v) is 20.1. The lowest BCUT2D eigenvalue weighted by molar-refractivity contribution is -0.660. The third-order valence-corrected chi connectivity index (χ3v) is 27.0. The zero-order valence-electron chi connectivity index (χ0n) is 78.0. The molecule has 22 rings (SSSR count). The molecule has 2 saturated carbocycles. The van der Waals surface area contributed by atoms with Gasteiger partial charge in [0.25, 0.3) is 0 Å². The van der Waals surface area contributed by atoms with E-state index in [0.29, 0.717) is 34.7 Å². The summed E-state index contributed by atoms with van der Waals surface area (Å²) in [7, 11) is 8.42. The third-order valence-electron chi connectivity index (χ3n) is 27.0. The first-order valence-electron chi connectivity index (χ1n) is 46.6. The van der Waals surface area contributed by atoms with Crippen molar-refractivity contribution in [1.29, 1.82) is 0 Å². The van der Waals surface area contributed by atoms with E-state index in [2.05, 4.69) is 365 Å². The van der Waals surface area contributed by atoms with Crippen LogP contribution < -0.4 is 18.3 Å². The van der Waals surface area contributed by atoms with Gasteiger partial charge in [-0.05, 0) is 256 Å². The smallest absolute Gasteiger partial charge is 0.227 e. The van der Waals surface area contributed by atoms with Crippen LogP contribution in [0.15, 0.2) is 285 Å². The maximum Gasteiger partial charge on any atom is 0.227 e. The first kappa shape index (κ1) is 85.6. The van der Waals surface area contributed by atoms with Crippen LogP contribution in [0.5, 0.6) is 0 Å². The molecule has 0 saturated heterocycles. The molecule has 12 heteroatoms. The van der Waals surface area contributed by atoms with Crippen LogP contribution >= 0.6 is 0 Å². The summed E-state index contributed by atoms with van der Waals surface area (Å²) in [4.78, 5) is 18.5. The van der Waals surface area contributed by atoms with Crippen LogP contribution in [0.1, 0.15) is 158 Å². The number of hydrogen-bond acceptors (Lipinski definition) is 8. The van der Waals surface area contributed by atoms with Gasteiger partial charge in [-0.15, -0.1) is 0 Å². The highest BCUT2D eigenvalue weighted by molar-refractivity contribution is 6.12. The van der Waals surface area contributed by atoms with Crippen molar-refractivity contribution in [2.24, 2.45) is 40.0 Å². The van der Waals surface area contributed by atoms with E-state index in [4.69, 9.17) is 17.7 Å². The summed E-state index contributed by atoms with van der Waals surface area (Å²) in [6.45, 7) is 25.6. The number of aryl methyl sites for hydroxylation is 12. The van der Waals surface area contributed by atoms with E-state index >= 15 is 0 Å². The van der Waals surface area contributed by atoms with Crippen LogP contribution in [0.3, 0.4) is 0 Å². The predicted molar refractivity (Wildman–Crippen MR) is 532 cm³/mol. The van der Waals surface area contributed by atoms with Crippen LogP contribution in [0.25, 0.3) is 178 Å². The van der Waals surface area contributed by atoms with Gasteiger partial charge < -0.3 is 17.7 Å². The van der Waals surface area contributed by atoms with Gasteiger partial charge >= 0.3 is 0 Å². The van der Waals surface area contributed by atoms with E-state index in [1.165, 1.54) is 140 Å². The summed E-state index contributed by atoms with van der Waals surface area (Å²) < 4.78 is 34.1. The molecule has 2 aliphatic carbocycles. The van der Waals surface area contributed by atoms with Gasteiger partial charge in [0.2, 0.25) is 45.6 Å². The molecule has 0 amide bonds. The molecule has 20 aromatic rings. The Morgan fingerprint density at radius 3 is 0.985 bits per heavy atom. The van der Waals surface area contributed by atoms with Crippen LogP contribution in [-0.2, 0) is 41.0 Å². The molecule has 0 spiro atoms. The summed E-state index contributed by atoms with van der Waals surface area (Å²) in [6, 6.07) is 88.1. The quantitative estimate of drug-likeness (QED) is 0.0988. The third kappa shape index (κ3) is 17.0. The molecule has 0 bridgehead atoms. The lowest BCUT2D eigenvalue weighted by Crippen LogP contribution is -2.31. The summed E-state index contributed by atoms with van der Waals surface area (Å²) in [5.41, 5.74) is 39.7. The standard InChI is InChI=1S/2C30H29N2O.2C29H29N2O/c1-19-8-15-25-26-16-9-20(2)31-30(26)33-29(25)28(19)27-17-14-24(18-32(27)3)23-12-10-22(11-13-23)21-6-4-5-7-21;1-19-8-14-25-26-15-9-20(2)31-30(26)33-29(25)28(19)27-18-24(16-17-32(27)3)23-12-10-22(11-13-23)21-6-4-5-7-21;1-18(2)16-21-8-10-22(11-9-21)23-14-15-31(5)26(17-23)27-19(3)6-12-24-25-13-7-20(4)30-29(25)32-28(24)27;1-18(2)17-21-10-12-22(13-11-21)23-7-6-16-31(5)27(23)26-19(3)8-14-24-25-15-9-20(4)30-29(25)32-28(24)26/h2*8-18,21H,4-7H2,1-3H3;6-15,17-18H,16H2,1-5H3;6-16,18H,17H2,1-5H3/q4*+1. The lowest BCUT2D eigenvalue weighted by Gasteiger charge is -2.11. The average molecular weight is 1710 g/mol. The molecule has 130 heavy (non-hydrogen) atoms. The van der Waals surface area contributed by atoms with Crippen LogP contribution in [0.2, 0.25) is 0 Å². The summed E-state index contributed by atoms with van der Waals surface area (Å²) >= 11 is 0. The Morgan fingerprint density at radius 1 is 0.292 bits per heavy atom. The van der Waals surface area contributed by atoms with Crippen molar-refractivity contribution >= 4 is 88.3 Å². The molecule has 8 aromatic carbocycles. The van der Waals surface area contributed by atoms with Crippen molar-refractivity contribution in [3.63, 3.8) is 0 Å². The van der Waals surface area contributed by atoms with Crippen LogP contribution in [0, 0.1) is 67.2 Å². The van der Waals surface area contributed by atoms with Crippen molar-refractivity contribution in [2.45, 2.75) is 159 Å². The van der Waals surface area contributed by atoms with Gasteiger partial charge in [-0.3, -0.25) is 0 Å². The summed E-state index contributed by atoms with van der Waals surface area (Å²) in [5.74, 6) is 2.81. The topological polar surface area (TPSA) is 120 Å². The Balaban J connectivity index is 0.000000112. The molecule has 648 valence electrons. The number of rotatable bonds is 14. The Kier molecular flexibility index (Phi) is 23.7. The monoisotopic (exact) mass is 1710 g/mol. The van der Waals surface area contributed by atoms with Crippen LogP contribution in [0.4, 0.5) is 0 Å². The highest BCUT2D eigenvalue weighted by Gasteiger charge is 2.30. The summed E-state index contributed by atoms with van der Waals surface area (Å²) in [6.07, 6.45) is 21.6. The normalized spacial score (nSPS) is 13.1. The molecule has 0 radical (unpaired) electrons. The van der Waals surface area contributed by atoms with Gasteiger partial charge in [0.15, 0.2) is 47.1 Å². The van der Waals surface area contributed by atoms with Gasteiger partial charge in [0, 0.05) is 108 Å². The Morgan fingerprint density at radius 2 is 0.615 bits per heavy atom. The zero-order chi connectivity index (χ0) is 89.9. The maximum absolute atomic E-state index is 6.38. The second-order valence-corrected chi connectivity index (χ2v) is 37.6. The fraction of sp³-hybridized carbons (Fsp3) is 0.254. The molecular weight excluding hydrogens is 1590 g/mol. The van der Waals surface area contributed by atoms with Crippen molar-refractivity contribution in [3.8, 4) is 89.5 Å². The molecule has 12 nitrogen and oxygen atoms in total. The Bertz CT molecular complexity index is 7680. The molecular formula is C118H116N8O4+4. The summed E-state index contributed by atoms with van der Waals surface area (Å²) in [5, 5.41) is 8.70. The first-order chi connectivity index (χ1) is 63.0. The molecule has 0 aliphatic heterocycles. The number of fused-ring (bicyclic) bond motifs is 12. The Hall–Kier alpha value is -13.8. The van der Waals surface area contributed by atoms with E-state index < -0.39 is 0 Å². The van der Waals surface area contributed by atoms with Crippen molar-refractivity contribution in [2.75, 3.05) is 0 Å². The largest absolute Gasteiger partial charge is 0.437 e. The van der Waals surface area contributed by atoms with Gasteiger partial charge in [-0.1, -0.05) is 199 Å². The van der Waals surface area contributed by atoms with Crippen LogP contribution in [-0.4, -0.2) is 19.9 Å². The van der Waals surface area contributed by atoms with E-state index in [9.17, 15) is 0 Å². The molecule has 2 fully saturated rings. The second kappa shape index (κ2) is 36.0. The lowest BCUT2D eigenvalue weighted by atomic mass is 9.93. The SMILES string of the molecule is Cc1ccc2c(n1)oc1c(-c3c(-c4ccc(CC(C)C)cc4)ccc[n+]3C)c(C)ccc12.Cc1ccc2c(n1)oc1c(-c3cc(-c4ccc(C5CCCC5)cc4)cc[n+]3C)c(C)ccc12.Cc1ccc2c(n1)oc1c(-c3cc(-c4ccc(CC(C)C)cc4)cc[n+]3C)c(C)ccc12.Cc1ccc2c(n1)oc1c(-c3ccc(-c4ccc(C5CCCC5)cc4)c[n+]3C)c(C)ccc12. The van der Waals surface area contributed by atoms with Crippen molar-refractivity contribution in [3.05, 3.63) is 335 Å². The van der Waals surface area contributed by atoms with Crippen molar-refractivity contribution < 1.29 is 35.9 Å². The maximum atomic E-state index is 6.38. The van der Waals surface area contributed by atoms with E-state index in [-0.39, 0.29) is 0 Å². The highest BCUT2D eigenvalue weighted by atomic mass is 16.4. The molecule has 12 aromatic heterocycles. The Labute approximate surface area is 762 Å². The number of benzene rings is 8. The van der Waals surface area contributed by atoms with Gasteiger partial charge in [0.1, 0.15) is 28.2 Å². The second-order valence-electron chi connectivity index (χ2n) is 37.6. The minimum Gasteiger partial charge on any atom is -0.437 e. The fourth-order valence-electron chi connectivity index (χ4n) is 20.1. The van der Waals surface area contributed by atoms with Gasteiger partial charge in [0.05, 0.1) is 27.8 Å². The molecule has 0 atom stereocenters. The van der Waals surface area contributed by atoms with Gasteiger partial charge in [-0.2, -0.15) is 0 Å². The average Bonchev–Trinajstić information content (AvgIpc) is 1.72. The van der Waals surface area contributed by atoms with E-state index in [1.54, 1.807) is 0 Å². The molecule has 0 unspecified atom stereocenters. The van der Waals surface area contributed by atoms with E-state index in [1.807, 2.05) is 52.0 Å².